The van der Waals surface area contributed by atoms with Crippen LogP contribution in [0.3, 0.4) is 0 Å². The SMILES string of the molecule is Nc1ncnc2c1ncn2C1OC(CO)[C@H]2O[C@@H](C=Cc3ccccc3)O[C@H]12. The Hall–Kier alpha value is -2.85. The van der Waals surface area contributed by atoms with E-state index in [-0.39, 0.29) is 6.61 Å². The molecule has 4 heterocycles. The van der Waals surface area contributed by atoms with E-state index in [1.54, 1.807) is 10.9 Å². The van der Waals surface area contributed by atoms with E-state index in [4.69, 9.17) is 19.9 Å². The van der Waals surface area contributed by atoms with Gasteiger partial charge in [0.15, 0.2) is 24.0 Å². The van der Waals surface area contributed by atoms with E-state index >= 15 is 0 Å². The van der Waals surface area contributed by atoms with Crippen LogP contribution in [0.25, 0.3) is 17.2 Å². The number of anilines is 1. The second-order valence-corrected chi connectivity index (χ2v) is 6.67. The first-order valence-corrected chi connectivity index (χ1v) is 8.98. The molecular formula is C19H19N5O4. The van der Waals surface area contributed by atoms with Crippen molar-refractivity contribution in [1.29, 1.82) is 0 Å². The molecule has 3 N–H and O–H groups in total. The minimum atomic E-state index is -0.545. The summed E-state index contributed by atoms with van der Waals surface area (Å²) < 4.78 is 19.8. The molecule has 0 spiro atoms. The van der Waals surface area contributed by atoms with Crippen molar-refractivity contribution >= 4 is 23.1 Å². The van der Waals surface area contributed by atoms with E-state index in [1.807, 2.05) is 42.5 Å². The van der Waals surface area contributed by atoms with Crippen molar-refractivity contribution in [3.63, 3.8) is 0 Å². The predicted octanol–water partition coefficient (Wildman–Crippen LogP) is 1.12. The van der Waals surface area contributed by atoms with Gasteiger partial charge in [0.25, 0.3) is 0 Å². The molecule has 144 valence electrons. The zero-order chi connectivity index (χ0) is 19.1. The highest BCUT2D eigenvalue weighted by Gasteiger charge is 2.53. The first kappa shape index (κ1) is 17.3. The Morgan fingerprint density at radius 3 is 2.71 bits per heavy atom. The van der Waals surface area contributed by atoms with Gasteiger partial charge in [0, 0.05) is 0 Å². The number of aromatic nitrogens is 4. The molecule has 5 rings (SSSR count). The summed E-state index contributed by atoms with van der Waals surface area (Å²) in [7, 11) is 0. The predicted molar refractivity (Wildman–Crippen MR) is 99.7 cm³/mol. The van der Waals surface area contributed by atoms with Gasteiger partial charge in [0.2, 0.25) is 0 Å². The molecule has 5 atom stereocenters. The number of aliphatic hydroxyl groups excluding tert-OH is 1. The van der Waals surface area contributed by atoms with Crippen molar-refractivity contribution in [3.8, 4) is 0 Å². The van der Waals surface area contributed by atoms with E-state index in [2.05, 4.69) is 15.0 Å². The summed E-state index contributed by atoms with van der Waals surface area (Å²) in [6.45, 7) is -0.181. The Kier molecular flexibility index (Phi) is 4.29. The minimum absolute atomic E-state index is 0.181. The number of benzene rings is 1. The standard InChI is InChI=1S/C19H19N5O4/c20-17-14-18(22-9-21-17)24(10-23-14)19-16-15(12(8-25)26-19)27-13(28-16)7-6-11-4-2-1-3-5-11/h1-7,9-10,12-13,15-16,19,25H,8H2,(H2,20,21,22)/t12?,13-,15-,16+,19?/m1/s1. The highest BCUT2D eigenvalue weighted by Crippen LogP contribution is 2.40. The van der Waals surface area contributed by atoms with Crippen LogP contribution in [-0.2, 0) is 14.2 Å². The van der Waals surface area contributed by atoms with Gasteiger partial charge in [-0.25, -0.2) is 15.0 Å². The number of aliphatic hydroxyl groups is 1. The van der Waals surface area contributed by atoms with Crippen molar-refractivity contribution < 1.29 is 19.3 Å². The third-order valence-electron chi connectivity index (χ3n) is 4.95. The summed E-state index contributed by atoms with van der Waals surface area (Å²) in [5.74, 6) is 0.296. The highest BCUT2D eigenvalue weighted by molar-refractivity contribution is 5.81. The lowest BCUT2D eigenvalue weighted by Crippen LogP contribution is -2.30. The largest absolute Gasteiger partial charge is 0.394 e. The third kappa shape index (κ3) is 2.85. The van der Waals surface area contributed by atoms with Crippen molar-refractivity contribution in [2.75, 3.05) is 12.3 Å². The summed E-state index contributed by atoms with van der Waals surface area (Å²) >= 11 is 0. The number of rotatable bonds is 4. The zero-order valence-electron chi connectivity index (χ0n) is 14.8. The van der Waals surface area contributed by atoms with Crippen LogP contribution < -0.4 is 5.73 Å². The fraction of sp³-hybridized carbons (Fsp3) is 0.316. The summed E-state index contributed by atoms with van der Waals surface area (Å²) in [6, 6.07) is 9.89. The molecule has 3 aromatic rings. The van der Waals surface area contributed by atoms with E-state index in [0.29, 0.717) is 17.0 Å². The number of fused-ring (bicyclic) bond motifs is 2. The van der Waals surface area contributed by atoms with Crippen LogP contribution in [0.4, 0.5) is 5.82 Å². The number of hydrogen-bond acceptors (Lipinski definition) is 8. The molecule has 9 heteroatoms. The maximum Gasteiger partial charge on any atom is 0.178 e. The molecule has 9 nitrogen and oxygen atoms in total. The quantitative estimate of drug-likeness (QED) is 0.690. The number of nitrogens with zero attached hydrogens (tertiary/aromatic N) is 4. The molecule has 0 aliphatic carbocycles. The second kappa shape index (κ2) is 6.95. The second-order valence-electron chi connectivity index (χ2n) is 6.67. The molecule has 2 unspecified atom stereocenters. The normalized spacial score (nSPS) is 29.7. The smallest absolute Gasteiger partial charge is 0.178 e. The lowest BCUT2D eigenvalue weighted by atomic mass is 10.1. The molecule has 2 saturated heterocycles. The van der Waals surface area contributed by atoms with E-state index in [9.17, 15) is 5.11 Å². The highest BCUT2D eigenvalue weighted by atomic mass is 16.8. The molecule has 0 radical (unpaired) electrons. The zero-order valence-corrected chi connectivity index (χ0v) is 14.8. The molecule has 2 fully saturated rings. The van der Waals surface area contributed by atoms with Crippen LogP contribution in [0.5, 0.6) is 0 Å². The minimum Gasteiger partial charge on any atom is -0.394 e. The van der Waals surface area contributed by atoms with Crippen molar-refractivity contribution in [3.05, 3.63) is 54.6 Å². The van der Waals surface area contributed by atoms with Crippen LogP contribution in [0.2, 0.25) is 0 Å². The van der Waals surface area contributed by atoms with Crippen LogP contribution in [-0.4, -0.2) is 55.8 Å². The van der Waals surface area contributed by atoms with Gasteiger partial charge in [0.1, 0.15) is 30.2 Å². The Morgan fingerprint density at radius 1 is 1.07 bits per heavy atom. The lowest BCUT2D eigenvalue weighted by Gasteiger charge is -2.19. The molecule has 1 aromatic carbocycles. The molecule has 2 aliphatic rings. The van der Waals surface area contributed by atoms with Gasteiger partial charge in [-0.05, 0) is 11.6 Å². The monoisotopic (exact) mass is 381 g/mol. The first-order chi connectivity index (χ1) is 13.7. The van der Waals surface area contributed by atoms with Gasteiger partial charge >= 0.3 is 0 Å². The maximum atomic E-state index is 9.73. The maximum absolute atomic E-state index is 9.73. The van der Waals surface area contributed by atoms with Gasteiger partial charge in [0.05, 0.1) is 12.9 Å². The van der Waals surface area contributed by atoms with Crippen molar-refractivity contribution in [2.45, 2.75) is 30.8 Å². The topological polar surface area (TPSA) is 118 Å². The summed E-state index contributed by atoms with van der Waals surface area (Å²) in [5.41, 5.74) is 7.96. The molecule has 2 aliphatic heterocycles. The van der Waals surface area contributed by atoms with Crippen LogP contribution in [0, 0.1) is 0 Å². The number of imidazole rings is 1. The third-order valence-corrected chi connectivity index (χ3v) is 4.95. The van der Waals surface area contributed by atoms with Gasteiger partial charge in [-0.1, -0.05) is 36.4 Å². The van der Waals surface area contributed by atoms with Gasteiger partial charge in [-0.3, -0.25) is 4.57 Å². The Balaban J connectivity index is 1.42. The Labute approximate surface area is 160 Å². The van der Waals surface area contributed by atoms with Gasteiger partial charge < -0.3 is 25.1 Å². The molecule has 2 aromatic heterocycles. The number of ether oxygens (including phenoxy) is 3. The van der Waals surface area contributed by atoms with E-state index in [0.717, 1.165) is 5.56 Å². The Morgan fingerprint density at radius 2 is 1.89 bits per heavy atom. The fourth-order valence-corrected chi connectivity index (χ4v) is 3.63. The average molecular weight is 381 g/mol. The van der Waals surface area contributed by atoms with E-state index < -0.39 is 30.8 Å². The number of nitrogen functional groups attached to an aromatic ring is 1. The summed E-state index contributed by atoms with van der Waals surface area (Å²) in [5, 5.41) is 9.73. The molecule has 0 saturated carbocycles. The molecule has 0 amide bonds. The molecule has 28 heavy (non-hydrogen) atoms. The summed E-state index contributed by atoms with van der Waals surface area (Å²) in [4.78, 5) is 12.5. The van der Waals surface area contributed by atoms with Crippen molar-refractivity contribution in [2.24, 2.45) is 0 Å². The van der Waals surface area contributed by atoms with Gasteiger partial charge in [-0.15, -0.1) is 0 Å². The molecular weight excluding hydrogens is 362 g/mol. The molecule has 0 bridgehead atoms. The van der Waals surface area contributed by atoms with Crippen LogP contribution in [0.1, 0.15) is 11.8 Å². The van der Waals surface area contributed by atoms with E-state index in [1.165, 1.54) is 6.33 Å². The lowest BCUT2D eigenvalue weighted by molar-refractivity contribution is -0.133. The number of hydrogen-bond donors (Lipinski definition) is 2. The van der Waals surface area contributed by atoms with Crippen LogP contribution in [0.15, 0.2) is 49.1 Å². The average Bonchev–Trinajstić information content (AvgIpc) is 3.41. The van der Waals surface area contributed by atoms with Crippen LogP contribution >= 0.6 is 0 Å². The van der Waals surface area contributed by atoms with Gasteiger partial charge in [-0.2, -0.15) is 0 Å². The fourth-order valence-electron chi connectivity index (χ4n) is 3.63. The Bertz CT molecular complexity index is 1010. The summed E-state index contributed by atoms with van der Waals surface area (Å²) in [6.07, 6.45) is 4.34. The number of nitrogens with two attached hydrogens (primary N) is 1. The first-order valence-electron chi connectivity index (χ1n) is 8.98. The van der Waals surface area contributed by atoms with Crippen molar-refractivity contribution in [1.82, 2.24) is 19.5 Å².